The highest BCUT2D eigenvalue weighted by Crippen LogP contribution is 2.18. The number of guanidine groups is 1. The van der Waals surface area contributed by atoms with Crippen LogP contribution in [0.2, 0.25) is 0 Å². The van der Waals surface area contributed by atoms with E-state index in [1.165, 1.54) is 5.56 Å². The van der Waals surface area contributed by atoms with Crippen LogP contribution in [0.1, 0.15) is 36.4 Å². The number of aromatic nitrogens is 2. The second-order valence-corrected chi connectivity index (χ2v) is 7.61. The average molecular weight is 406 g/mol. The van der Waals surface area contributed by atoms with E-state index in [-0.39, 0.29) is 0 Å². The van der Waals surface area contributed by atoms with Crippen molar-refractivity contribution in [3.8, 4) is 0 Å². The second kappa shape index (κ2) is 10.1. The average Bonchev–Trinajstić information content (AvgIpc) is 3.15. The molecule has 1 unspecified atom stereocenters. The van der Waals surface area contributed by atoms with E-state index in [1.807, 2.05) is 56.6 Å². The summed E-state index contributed by atoms with van der Waals surface area (Å²) in [5, 5.41) is 17.3. The molecule has 0 fully saturated rings. The molecule has 3 rings (SSSR count). The first-order valence-corrected chi connectivity index (χ1v) is 10.3. The highest BCUT2D eigenvalue weighted by molar-refractivity contribution is 5.79. The van der Waals surface area contributed by atoms with Crippen LogP contribution in [0, 0.1) is 6.92 Å². The molecule has 158 valence electrons. The van der Waals surface area contributed by atoms with Gasteiger partial charge in [0.1, 0.15) is 11.4 Å². The van der Waals surface area contributed by atoms with Gasteiger partial charge in [0.05, 0.1) is 13.1 Å². The standard InChI is InChI=1S/C24H31N5O/c1-4-25-23(28-18-24(3,30)22-11-6-5-7-12-22)27-16-20-9-8-10-21(15-20)17-29-14-13-26-19(29)2/h5-15,30H,4,16-18H2,1-3H3,(H2,25,27,28). The Morgan fingerprint density at radius 3 is 2.57 bits per heavy atom. The fraction of sp³-hybridized carbons (Fsp3) is 0.333. The van der Waals surface area contributed by atoms with Gasteiger partial charge in [-0.15, -0.1) is 0 Å². The van der Waals surface area contributed by atoms with Gasteiger partial charge in [0.15, 0.2) is 5.96 Å². The van der Waals surface area contributed by atoms with Crippen LogP contribution in [0.5, 0.6) is 0 Å². The van der Waals surface area contributed by atoms with Crippen molar-refractivity contribution in [3.05, 3.63) is 89.5 Å². The van der Waals surface area contributed by atoms with Gasteiger partial charge < -0.3 is 20.3 Å². The van der Waals surface area contributed by atoms with Gasteiger partial charge >= 0.3 is 0 Å². The summed E-state index contributed by atoms with van der Waals surface area (Å²) in [7, 11) is 0. The van der Waals surface area contributed by atoms with Crippen molar-refractivity contribution in [1.82, 2.24) is 20.2 Å². The molecule has 0 spiro atoms. The summed E-state index contributed by atoms with van der Waals surface area (Å²) in [6.45, 7) is 8.30. The first-order chi connectivity index (χ1) is 14.5. The van der Waals surface area contributed by atoms with Gasteiger partial charge in [0.25, 0.3) is 0 Å². The topological polar surface area (TPSA) is 74.5 Å². The van der Waals surface area contributed by atoms with E-state index < -0.39 is 5.60 Å². The SMILES string of the molecule is CCNC(=NCc1cccc(Cn2ccnc2C)c1)NCC(C)(O)c1ccccc1. The van der Waals surface area contributed by atoms with E-state index in [2.05, 4.69) is 44.5 Å². The molecule has 0 bridgehead atoms. The first-order valence-electron chi connectivity index (χ1n) is 10.3. The number of benzene rings is 2. The lowest BCUT2D eigenvalue weighted by Gasteiger charge is -2.25. The van der Waals surface area contributed by atoms with Gasteiger partial charge in [-0.1, -0.05) is 54.6 Å². The number of hydrogen-bond donors (Lipinski definition) is 3. The van der Waals surface area contributed by atoms with Crippen LogP contribution in [-0.2, 0) is 18.7 Å². The first kappa shape index (κ1) is 21.6. The molecule has 6 nitrogen and oxygen atoms in total. The number of aliphatic imine (C=N–C) groups is 1. The summed E-state index contributed by atoms with van der Waals surface area (Å²) < 4.78 is 2.12. The van der Waals surface area contributed by atoms with E-state index in [1.54, 1.807) is 6.92 Å². The predicted molar refractivity (Wildman–Crippen MR) is 121 cm³/mol. The summed E-state index contributed by atoms with van der Waals surface area (Å²) in [6.07, 6.45) is 3.81. The summed E-state index contributed by atoms with van der Waals surface area (Å²) in [5.41, 5.74) is 2.24. The van der Waals surface area contributed by atoms with Crippen LogP contribution in [0.4, 0.5) is 0 Å². The smallest absolute Gasteiger partial charge is 0.191 e. The van der Waals surface area contributed by atoms with Crippen LogP contribution in [0.15, 0.2) is 72.0 Å². The minimum Gasteiger partial charge on any atom is -0.384 e. The third-order valence-electron chi connectivity index (χ3n) is 5.03. The van der Waals surface area contributed by atoms with Crippen LogP contribution < -0.4 is 10.6 Å². The van der Waals surface area contributed by atoms with Crippen molar-refractivity contribution < 1.29 is 5.11 Å². The molecule has 0 saturated heterocycles. The normalized spacial score (nSPS) is 13.7. The van der Waals surface area contributed by atoms with Crippen molar-refractivity contribution in [2.75, 3.05) is 13.1 Å². The number of nitrogens with zero attached hydrogens (tertiary/aromatic N) is 3. The van der Waals surface area contributed by atoms with Crippen LogP contribution in [0.25, 0.3) is 0 Å². The molecule has 3 aromatic rings. The molecular formula is C24H31N5O. The Kier molecular flexibility index (Phi) is 7.25. The number of rotatable bonds is 8. The molecule has 0 aliphatic heterocycles. The molecule has 0 aliphatic carbocycles. The van der Waals surface area contributed by atoms with Crippen LogP contribution in [0.3, 0.4) is 0 Å². The van der Waals surface area contributed by atoms with E-state index in [0.29, 0.717) is 19.0 Å². The molecule has 1 heterocycles. The largest absolute Gasteiger partial charge is 0.384 e. The third-order valence-corrected chi connectivity index (χ3v) is 5.03. The van der Waals surface area contributed by atoms with Gasteiger partial charge in [-0.25, -0.2) is 9.98 Å². The van der Waals surface area contributed by atoms with Gasteiger partial charge in [-0.05, 0) is 37.5 Å². The molecule has 1 aromatic heterocycles. The Morgan fingerprint density at radius 1 is 1.10 bits per heavy atom. The Labute approximate surface area is 178 Å². The molecule has 3 N–H and O–H groups in total. The van der Waals surface area contributed by atoms with E-state index in [9.17, 15) is 5.11 Å². The lowest BCUT2D eigenvalue weighted by atomic mass is 9.96. The monoisotopic (exact) mass is 405 g/mol. The molecule has 30 heavy (non-hydrogen) atoms. The van der Waals surface area contributed by atoms with Gasteiger partial charge in [0, 0.05) is 25.5 Å². The Morgan fingerprint density at radius 2 is 1.87 bits per heavy atom. The Balaban J connectivity index is 1.64. The predicted octanol–water partition coefficient (Wildman–Crippen LogP) is 3.20. The Bertz CT molecular complexity index is 962. The summed E-state index contributed by atoms with van der Waals surface area (Å²) >= 11 is 0. The summed E-state index contributed by atoms with van der Waals surface area (Å²) in [6, 6.07) is 18.1. The minimum atomic E-state index is -0.986. The zero-order valence-electron chi connectivity index (χ0n) is 18.0. The molecular weight excluding hydrogens is 374 g/mol. The van der Waals surface area contributed by atoms with Crippen molar-refractivity contribution in [1.29, 1.82) is 0 Å². The van der Waals surface area contributed by atoms with Crippen molar-refractivity contribution in [2.45, 2.75) is 39.5 Å². The van der Waals surface area contributed by atoms with E-state index >= 15 is 0 Å². The van der Waals surface area contributed by atoms with Gasteiger partial charge in [-0.3, -0.25) is 0 Å². The quantitative estimate of drug-likeness (QED) is 0.397. The van der Waals surface area contributed by atoms with Crippen molar-refractivity contribution in [2.24, 2.45) is 4.99 Å². The number of aryl methyl sites for hydroxylation is 1. The van der Waals surface area contributed by atoms with Gasteiger partial charge in [0.2, 0.25) is 0 Å². The second-order valence-electron chi connectivity index (χ2n) is 7.61. The molecule has 1 atom stereocenters. The molecule has 0 aliphatic rings. The highest BCUT2D eigenvalue weighted by atomic mass is 16.3. The molecule has 6 heteroatoms. The lowest BCUT2D eigenvalue weighted by Crippen LogP contribution is -2.44. The third kappa shape index (κ3) is 5.94. The molecule has 0 saturated carbocycles. The Hall–Kier alpha value is -3.12. The van der Waals surface area contributed by atoms with E-state index in [0.717, 1.165) is 30.0 Å². The maximum atomic E-state index is 10.8. The zero-order valence-corrected chi connectivity index (χ0v) is 18.0. The van der Waals surface area contributed by atoms with Gasteiger partial charge in [-0.2, -0.15) is 0 Å². The fourth-order valence-corrected chi connectivity index (χ4v) is 3.26. The maximum absolute atomic E-state index is 10.8. The van der Waals surface area contributed by atoms with Crippen LogP contribution >= 0.6 is 0 Å². The minimum absolute atomic E-state index is 0.364. The van der Waals surface area contributed by atoms with Crippen molar-refractivity contribution >= 4 is 5.96 Å². The molecule has 0 amide bonds. The number of nitrogens with one attached hydrogen (secondary N) is 2. The maximum Gasteiger partial charge on any atom is 0.191 e. The zero-order chi connectivity index (χ0) is 21.4. The number of hydrogen-bond acceptors (Lipinski definition) is 3. The number of aliphatic hydroxyl groups is 1. The summed E-state index contributed by atoms with van der Waals surface area (Å²) in [4.78, 5) is 8.98. The number of imidazole rings is 1. The van der Waals surface area contributed by atoms with E-state index in [4.69, 9.17) is 4.99 Å². The fourth-order valence-electron chi connectivity index (χ4n) is 3.26. The van der Waals surface area contributed by atoms with Crippen LogP contribution in [-0.4, -0.2) is 33.7 Å². The highest BCUT2D eigenvalue weighted by Gasteiger charge is 2.22. The molecule has 0 radical (unpaired) electrons. The van der Waals surface area contributed by atoms with Crippen molar-refractivity contribution in [3.63, 3.8) is 0 Å². The lowest BCUT2D eigenvalue weighted by molar-refractivity contribution is 0.0617. The summed E-state index contributed by atoms with van der Waals surface area (Å²) in [5.74, 6) is 1.69. The molecule has 2 aromatic carbocycles.